The molecule has 2 aromatic rings. The second kappa shape index (κ2) is 5.05. The molecule has 0 unspecified atom stereocenters. The molecule has 0 amide bonds. The van der Waals surface area contributed by atoms with Crippen molar-refractivity contribution in [1.82, 2.24) is 15.0 Å². The molecule has 2 heterocycles. The van der Waals surface area contributed by atoms with E-state index in [1.165, 1.54) is 11.8 Å². The lowest BCUT2D eigenvalue weighted by Crippen LogP contribution is -2.16. The van der Waals surface area contributed by atoms with Gasteiger partial charge in [-0.05, 0) is 19.9 Å². The summed E-state index contributed by atoms with van der Waals surface area (Å²) in [5, 5.41) is 12.4. The van der Waals surface area contributed by atoms with E-state index >= 15 is 0 Å². The summed E-state index contributed by atoms with van der Waals surface area (Å²) in [4.78, 5) is 12.5. The van der Waals surface area contributed by atoms with Crippen molar-refractivity contribution in [3.8, 4) is 0 Å². The van der Waals surface area contributed by atoms with Crippen LogP contribution in [0, 0.1) is 13.8 Å². The Balaban J connectivity index is 2.31. The Morgan fingerprint density at radius 3 is 2.72 bits per heavy atom. The lowest BCUT2D eigenvalue weighted by Gasteiger charge is -2.02. The van der Waals surface area contributed by atoms with Crippen molar-refractivity contribution in [1.29, 1.82) is 0 Å². The number of nitrogens with two attached hydrogens (primary N) is 1. The second-order valence-electron chi connectivity index (χ2n) is 3.52. The standard InChI is InChI=1S/C10H11N5O2S/c1-5-3-7(8(11)15-16)14-9(12-5)18-10-13-6(2)4-17-10/h3-4,16H,1-2H3,(H2,11,15). The average molecular weight is 265 g/mol. The van der Waals surface area contributed by atoms with Gasteiger partial charge in [-0.3, -0.25) is 0 Å². The fraction of sp³-hybridized carbons (Fsp3) is 0.200. The van der Waals surface area contributed by atoms with Crippen molar-refractivity contribution in [2.75, 3.05) is 0 Å². The van der Waals surface area contributed by atoms with Gasteiger partial charge in [0, 0.05) is 17.5 Å². The number of amidine groups is 1. The highest BCUT2D eigenvalue weighted by Gasteiger charge is 2.10. The highest BCUT2D eigenvalue weighted by Crippen LogP contribution is 2.23. The Kier molecular flexibility index (Phi) is 3.47. The van der Waals surface area contributed by atoms with Crippen LogP contribution in [0.15, 0.2) is 32.3 Å². The first-order valence-corrected chi connectivity index (χ1v) is 5.83. The second-order valence-corrected chi connectivity index (χ2v) is 4.44. The molecule has 3 N–H and O–H groups in total. The summed E-state index contributed by atoms with van der Waals surface area (Å²) in [7, 11) is 0. The van der Waals surface area contributed by atoms with E-state index in [-0.39, 0.29) is 5.84 Å². The molecule has 0 radical (unpaired) electrons. The monoisotopic (exact) mass is 265 g/mol. The van der Waals surface area contributed by atoms with Crippen molar-refractivity contribution in [3.63, 3.8) is 0 Å². The van der Waals surface area contributed by atoms with Crippen LogP contribution in [0.4, 0.5) is 0 Å². The molecule has 0 fully saturated rings. The first-order chi connectivity index (χ1) is 8.58. The van der Waals surface area contributed by atoms with Gasteiger partial charge in [-0.2, -0.15) is 0 Å². The van der Waals surface area contributed by atoms with E-state index in [0.29, 0.717) is 21.8 Å². The van der Waals surface area contributed by atoms with E-state index in [1.54, 1.807) is 19.3 Å². The Hall–Kier alpha value is -2.09. The summed E-state index contributed by atoms with van der Waals surface area (Å²) < 4.78 is 5.20. The number of hydrogen-bond acceptors (Lipinski definition) is 7. The van der Waals surface area contributed by atoms with Crippen LogP contribution in [-0.4, -0.2) is 26.0 Å². The highest BCUT2D eigenvalue weighted by molar-refractivity contribution is 7.98. The third-order valence-electron chi connectivity index (χ3n) is 1.98. The molecule has 0 aliphatic rings. The fourth-order valence-corrected chi connectivity index (χ4v) is 2.00. The topological polar surface area (TPSA) is 110 Å². The zero-order chi connectivity index (χ0) is 13.1. The minimum atomic E-state index is -0.0639. The first kappa shape index (κ1) is 12.4. The molecule has 0 aromatic carbocycles. The summed E-state index contributed by atoms with van der Waals surface area (Å²) in [6.07, 6.45) is 1.54. The van der Waals surface area contributed by atoms with Crippen molar-refractivity contribution < 1.29 is 9.62 Å². The van der Waals surface area contributed by atoms with Gasteiger partial charge in [0.15, 0.2) is 11.0 Å². The SMILES string of the molecule is Cc1cc(/C(N)=N/O)nc(Sc2nc(C)co2)n1. The summed E-state index contributed by atoms with van der Waals surface area (Å²) in [5.41, 5.74) is 7.33. The van der Waals surface area contributed by atoms with Gasteiger partial charge in [-0.25, -0.2) is 15.0 Å². The van der Waals surface area contributed by atoms with Crippen LogP contribution in [-0.2, 0) is 0 Å². The number of nitrogens with zero attached hydrogens (tertiary/aromatic N) is 4. The lowest BCUT2D eigenvalue weighted by atomic mass is 10.3. The van der Waals surface area contributed by atoms with Gasteiger partial charge >= 0.3 is 0 Å². The molecule has 0 bridgehead atoms. The molecule has 2 aromatic heterocycles. The summed E-state index contributed by atoms with van der Waals surface area (Å²) in [6.45, 7) is 3.62. The van der Waals surface area contributed by atoms with Gasteiger partial charge < -0.3 is 15.4 Å². The molecule has 94 valence electrons. The quantitative estimate of drug-likeness (QED) is 0.283. The van der Waals surface area contributed by atoms with Crippen LogP contribution in [0.3, 0.4) is 0 Å². The van der Waals surface area contributed by atoms with Crippen molar-refractivity contribution in [2.45, 2.75) is 24.2 Å². The Labute approximate surface area is 107 Å². The molecule has 0 saturated carbocycles. The van der Waals surface area contributed by atoms with Gasteiger partial charge in [0.05, 0.1) is 5.69 Å². The molecule has 18 heavy (non-hydrogen) atoms. The third-order valence-corrected chi connectivity index (χ3v) is 2.71. The smallest absolute Gasteiger partial charge is 0.263 e. The average Bonchev–Trinajstić information content (AvgIpc) is 2.73. The zero-order valence-corrected chi connectivity index (χ0v) is 10.6. The van der Waals surface area contributed by atoms with Crippen molar-refractivity contribution >= 4 is 17.6 Å². The van der Waals surface area contributed by atoms with E-state index in [1.807, 2.05) is 6.92 Å². The predicted octanol–water partition coefficient (Wildman–Crippen LogP) is 1.33. The first-order valence-electron chi connectivity index (χ1n) is 5.02. The maximum Gasteiger partial charge on any atom is 0.263 e. The maximum absolute atomic E-state index is 8.63. The predicted molar refractivity (Wildman–Crippen MR) is 64.6 cm³/mol. The molecule has 0 aliphatic carbocycles. The molecule has 0 saturated heterocycles. The number of hydrogen-bond donors (Lipinski definition) is 2. The number of rotatable bonds is 3. The van der Waals surface area contributed by atoms with Crippen LogP contribution in [0.25, 0.3) is 0 Å². The van der Waals surface area contributed by atoms with E-state index in [4.69, 9.17) is 15.4 Å². The minimum Gasteiger partial charge on any atom is -0.439 e. The van der Waals surface area contributed by atoms with E-state index in [0.717, 1.165) is 5.69 Å². The van der Waals surface area contributed by atoms with Gasteiger partial charge in [-0.15, -0.1) is 0 Å². The van der Waals surface area contributed by atoms with Gasteiger partial charge in [0.25, 0.3) is 5.22 Å². The molecule has 0 spiro atoms. The molecular formula is C10H11N5O2S. The molecule has 0 atom stereocenters. The van der Waals surface area contributed by atoms with Crippen LogP contribution < -0.4 is 5.73 Å². The Morgan fingerprint density at radius 2 is 2.11 bits per heavy atom. The van der Waals surface area contributed by atoms with Crippen LogP contribution in [0.5, 0.6) is 0 Å². The lowest BCUT2D eigenvalue weighted by molar-refractivity contribution is 0.318. The number of aromatic nitrogens is 3. The minimum absolute atomic E-state index is 0.0639. The fourth-order valence-electron chi connectivity index (χ4n) is 1.23. The maximum atomic E-state index is 8.63. The van der Waals surface area contributed by atoms with Gasteiger partial charge in [0.1, 0.15) is 12.0 Å². The third kappa shape index (κ3) is 2.77. The summed E-state index contributed by atoms with van der Waals surface area (Å²) >= 11 is 1.17. The van der Waals surface area contributed by atoms with Crippen LogP contribution in [0.2, 0.25) is 0 Å². The molecule has 2 rings (SSSR count). The van der Waals surface area contributed by atoms with Gasteiger partial charge in [-0.1, -0.05) is 5.16 Å². The molecular weight excluding hydrogens is 254 g/mol. The summed E-state index contributed by atoms with van der Waals surface area (Å²) in [5.74, 6) is -0.0639. The van der Waals surface area contributed by atoms with Crippen LogP contribution >= 0.6 is 11.8 Å². The van der Waals surface area contributed by atoms with E-state index in [9.17, 15) is 0 Å². The highest BCUT2D eigenvalue weighted by atomic mass is 32.2. The molecule has 7 nitrogen and oxygen atoms in total. The number of oxime groups is 1. The largest absolute Gasteiger partial charge is 0.439 e. The van der Waals surface area contributed by atoms with Crippen molar-refractivity contribution in [2.24, 2.45) is 10.9 Å². The molecule has 8 heteroatoms. The van der Waals surface area contributed by atoms with Crippen LogP contribution in [0.1, 0.15) is 17.1 Å². The number of oxazole rings is 1. The van der Waals surface area contributed by atoms with E-state index in [2.05, 4.69) is 20.1 Å². The Morgan fingerprint density at radius 1 is 1.33 bits per heavy atom. The Bertz CT molecular complexity index is 596. The van der Waals surface area contributed by atoms with Crippen molar-refractivity contribution in [3.05, 3.63) is 29.4 Å². The number of aryl methyl sites for hydroxylation is 2. The van der Waals surface area contributed by atoms with E-state index < -0.39 is 0 Å². The van der Waals surface area contributed by atoms with Gasteiger partial charge in [0.2, 0.25) is 0 Å². The zero-order valence-electron chi connectivity index (χ0n) is 9.78. The normalized spacial score (nSPS) is 11.8. The summed E-state index contributed by atoms with van der Waals surface area (Å²) in [6, 6.07) is 1.62. The molecule has 0 aliphatic heterocycles.